The summed E-state index contributed by atoms with van der Waals surface area (Å²) in [7, 11) is 2.15. The van der Waals surface area contributed by atoms with Crippen LogP contribution in [-0.4, -0.2) is 67.1 Å². The normalized spacial score (nSPS) is 14.7. The summed E-state index contributed by atoms with van der Waals surface area (Å²) in [5.74, 6) is 0.403. The van der Waals surface area contributed by atoms with Crippen molar-refractivity contribution in [3.8, 4) is 0 Å². The van der Waals surface area contributed by atoms with Crippen LogP contribution in [0.3, 0.4) is 0 Å². The molecule has 0 saturated carbocycles. The molecule has 1 fully saturated rings. The maximum absolute atomic E-state index is 12.7. The third-order valence-corrected chi connectivity index (χ3v) is 5.14. The van der Waals surface area contributed by atoms with Crippen LogP contribution in [0.15, 0.2) is 36.5 Å². The van der Waals surface area contributed by atoms with Gasteiger partial charge in [-0.3, -0.25) is 4.79 Å². The molecule has 0 aliphatic carbocycles. The Bertz CT molecular complexity index is 780. The molecule has 1 aromatic heterocycles. The molecule has 7 heteroatoms. The van der Waals surface area contributed by atoms with Crippen molar-refractivity contribution in [3.63, 3.8) is 0 Å². The van der Waals surface area contributed by atoms with Crippen LogP contribution in [-0.2, 0) is 0 Å². The number of piperazine rings is 1. The van der Waals surface area contributed by atoms with E-state index in [4.69, 9.17) is 0 Å². The average Bonchev–Trinajstić information content (AvgIpc) is 2.75. The number of nitrogens with one attached hydrogen (secondary N) is 1. The van der Waals surface area contributed by atoms with Crippen LogP contribution in [0.1, 0.15) is 37.2 Å². The molecule has 156 valence electrons. The Balaban J connectivity index is 1.64. The lowest BCUT2D eigenvalue weighted by atomic mass is 10.2. The lowest BCUT2D eigenvalue weighted by molar-refractivity contribution is 0.102. The molecule has 1 amide bonds. The zero-order valence-corrected chi connectivity index (χ0v) is 17.8. The molecule has 29 heavy (non-hydrogen) atoms. The van der Waals surface area contributed by atoms with E-state index in [1.54, 1.807) is 12.3 Å². The van der Waals surface area contributed by atoms with Gasteiger partial charge in [0.25, 0.3) is 5.91 Å². The van der Waals surface area contributed by atoms with Crippen molar-refractivity contribution in [2.45, 2.75) is 26.7 Å². The topological polar surface area (TPSA) is 64.6 Å². The summed E-state index contributed by atoms with van der Waals surface area (Å²) in [6.07, 6.45) is 3.69. The molecule has 0 atom stereocenters. The largest absolute Gasteiger partial charge is 0.369 e. The lowest BCUT2D eigenvalue weighted by Crippen LogP contribution is -2.44. The number of hydrogen-bond donors (Lipinski definition) is 1. The predicted octanol–water partition coefficient (Wildman–Crippen LogP) is 3.11. The van der Waals surface area contributed by atoms with Crippen molar-refractivity contribution in [1.29, 1.82) is 0 Å². The van der Waals surface area contributed by atoms with E-state index in [9.17, 15) is 4.79 Å². The number of rotatable bonds is 8. The molecule has 2 heterocycles. The van der Waals surface area contributed by atoms with Gasteiger partial charge in [0.15, 0.2) is 0 Å². The van der Waals surface area contributed by atoms with E-state index < -0.39 is 0 Å². The second kappa shape index (κ2) is 10.2. The molecule has 1 aliphatic heterocycles. The van der Waals surface area contributed by atoms with Crippen LogP contribution in [0, 0.1) is 0 Å². The number of carbonyl (C=O) groups is 1. The Kier molecular flexibility index (Phi) is 7.41. The van der Waals surface area contributed by atoms with Crippen LogP contribution in [0.2, 0.25) is 0 Å². The zero-order chi connectivity index (χ0) is 20.6. The van der Waals surface area contributed by atoms with E-state index >= 15 is 0 Å². The fraction of sp³-hybridized carbons (Fsp3) is 0.500. The van der Waals surface area contributed by atoms with Gasteiger partial charge in [0, 0.05) is 56.8 Å². The Morgan fingerprint density at radius 1 is 1.03 bits per heavy atom. The van der Waals surface area contributed by atoms with Crippen LogP contribution < -0.4 is 15.1 Å². The molecular weight excluding hydrogens is 364 g/mol. The monoisotopic (exact) mass is 396 g/mol. The molecule has 3 rings (SSSR count). The number of benzene rings is 1. The summed E-state index contributed by atoms with van der Waals surface area (Å²) in [5.41, 5.74) is 2.34. The molecule has 0 unspecified atom stereocenters. The second-order valence-corrected chi connectivity index (χ2v) is 7.52. The van der Waals surface area contributed by atoms with Gasteiger partial charge < -0.3 is 20.0 Å². The Labute approximate surface area is 173 Å². The highest BCUT2D eigenvalue weighted by atomic mass is 16.1. The van der Waals surface area contributed by atoms with E-state index in [1.165, 1.54) is 5.69 Å². The zero-order valence-electron chi connectivity index (χ0n) is 17.8. The number of nitrogens with zero attached hydrogens (tertiary/aromatic N) is 5. The molecule has 0 spiro atoms. The van der Waals surface area contributed by atoms with Gasteiger partial charge in [0.05, 0.1) is 0 Å². The van der Waals surface area contributed by atoms with Crippen molar-refractivity contribution < 1.29 is 4.79 Å². The van der Waals surface area contributed by atoms with Crippen molar-refractivity contribution >= 4 is 23.2 Å². The summed E-state index contributed by atoms with van der Waals surface area (Å²) in [5, 5.41) is 2.95. The predicted molar refractivity (Wildman–Crippen MR) is 119 cm³/mol. The Hall–Kier alpha value is -2.67. The quantitative estimate of drug-likeness (QED) is 0.740. The first-order valence-electron chi connectivity index (χ1n) is 10.5. The van der Waals surface area contributed by atoms with E-state index in [0.29, 0.717) is 11.6 Å². The van der Waals surface area contributed by atoms with Crippen molar-refractivity contribution in [2.75, 3.05) is 61.4 Å². The van der Waals surface area contributed by atoms with Crippen LogP contribution in [0.25, 0.3) is 0 Å². The van der Waals surface area contributed by atoms with Gasteiger partial charge in [0.2, 0.25) is 5.95 Å². The van der Waals surface area contributed by atoms with E-state index in [1.807, 2.05) is 12.1 Å². The Morgan fingerprint density at radius 2 is 1.69 bits per heavy atom. The maximum atomic E-state index is 12.7. The fourth-order valence-corrected chi connectivity index (χ4v) is 3.49. The molecular formula is C22H32N6O. The van der Waals surface area contributed by atoms with Crippen molar-refractivity contribution in [2.24, 2.45) is 0 Å². The van der Waals surface area contributed by atoms with Gasteiger partial charge in [-0.1, -0.05) is 13.8 Å². The molecule has 2 aromatic rings. The van der Waals surface area contributed by atoms with E-state index in [0.717, 1.165) is 57.8 Å². The lowest BCUT2D eigenvalue weighted by Gasteiger charge is -2.34. The smallest absolute Gasteiger partial charge is 0.274 e. The van der Waals surface area contributed by atoms with Gasteiger partial charge in [-0.05, 0) is 50.2 Å². The van der Waals surface area contributed by atoms with Crippen LogP contribution in [0.4, 0.5) is 17.3 Å². The summed E-state index contributed by atoms with van der Waals surface area (Å²) in [4.78, 5) is 28.4. The first kappa shape index (κ1) is 21.0. The molecule has 1 N–H and O–H groups in total. The number of carbonyl (C=O) groups excluding carboxylic acids is 1. The van der Waals surface area contributed by atoms with Gasteiger partial charge in [-0.15, -0.1) is 0 Å². The number of hydrogen-bond acceptors (Lipinski definition) is 6. The molecule has 1 aliphatic rings. The average molecular weight is 397 g/mol. The molecule has 1 aromatic carbocycles. The highest BCUT2D eigenvalue weighted by Crippen LogP contribution is 2.20. The van der Waals surface area contributed by atoms with E-state index in [-0.39, 0.29) is 5.91 Å². The summed E-state index contributed by atoms with van der Waals surface area (Å²) in [6, 6.07) is 9.70. The highest BCUT2D eigenvalue weighted by molar-refractivity contribution is 6.03. The number of likely N-dealkylation sites (N-methyl/N-ethyl adjacent to an activating group) is 1. The SMILES string of the molecule is CCCN(CCC)c1nccc(C(=O)Nc2ccc(N3CCN(C)CC3)cc2)n1. The third kappa shape index (κ3) is 5.67. The van der Waals surface area contributed by atoms with Gasteiger partial charge >= 0.3 is 0 Å². The first-order valence-corrected chi connectivity index (χ1v) is 10.5. The molecule has 7 nitrogen and oxygen atoms in total. The minimum atomic E-state index is -0.214. The van der Waals surface area contributed by atoms with Crippen LogP contribution >= 0.6 is 0 Å². The molecule has 0 bridgehead atoms. The molecule has 0 radical (unpaired) electrons. The molecule has 1 saturated heterocycles. The van der Waals surface area contributed by atoms with Crippen molar-refractivity contribution in [3.05, 3.63) is 42.2 Å². The maximum Gasteiger partial charge on any atom is 0.274 e. The van der Waals surface area contributed by atoms with Gasteiger partial charge in [-0.25, -0.2) is 9.97 Å². The van der Waals surface area contributed by atoms with E-state index in [2.05, 4.69) is 63.0 Å². The fourth-order valence-electron chi connectivity index (χ4n) is 3.49. The highest BCUT2D eigenvalue weighted by Gasteiger charge is 2.15. The van der Waals surface area contributed by atoms with Gasteiger partial charge in [0.1, 0.15) is 5.69 Å². The summed E-state index contributed by atoms with van der Waals surface area (Å²) in [6.45, 7) is 10.2. The second-order valence-electron chi connectivity index (χ2n) is 7.52. The Morgan fingerprint density at radius 3 is 2.31 bits per heavy atom. The van der Waals surface area contributed by atoms with Crippen molar-refractivity contribution in [1.82, 2.24) is 14.9 Å². The third-order valence-electron chi connectivity index (χ3n) is 5.14. The minimum absolute atomic E-state index is 0.214. The van der Waals surface area contributed by atoms with Crippen LogP contribution in [0.5, 0.6) is 0 Å². The summed E-state index contributed by atoms with van der Waals surface area (Å²) < 4.78 is 0. The first-order chi connectivity index (χ1) is 14.1. The standard InChI is InChI=1S/C22H32N6O/c1-4-12-28(13-5-2)22-23-11-10-20(25-22)21(29)24-18-6-8-19(9-7-18)27-16-14-26(3)15-17-27/h6-11H,4-5,12-17H2,1-3H3,(H,24,29). The number of amides is 1. The number of anilines is 3. The number of aromatic nitrogens is 2. The minimum Gasteiger partial charge on any atom is -0.369 e. The van der Waals surface area contributed by atoms with Gasteiger partial charge in [-0.2, -0.15) is 0 Å². The summed E-state index contributed by atoms with van der Waals surface area (Å²) >= 11 is 0.